The molecule has 1 N–H and O–H groups in total. The molecule has 0 saturated carbocycles. The van der Waals surface area contributed by atoms with Gasteiger partial charge in [0.15, 0.2) is 0 Å². The molecule has 2 rings (SSSR count). The highest BCUT2D eigenvalue weighted by Crippen LogP contribution is 2.24. The van der Waals surface area contributed by atoms with Gasteiger partial charge < -0.3 is 14.4 Å². The molecule has 0 unspecified atom stereocenters. The second-order valence-corrected chi connectivity index (χ2v) is 4.92. The van der Waals surface area contributed by atoms with E-state index < -0.39 is 5.97 Å². The van der Waals surface area contributed by atoms with Gasteiger partial charge in [0.1, 0.15) is 5.75 Å². The lowest BCUT2D eigenvalue weighted by atomic mass is 10.1. The molecule has 0 atom stereocenters. The number of aromatic nitrogens is 1. The van der Waals surface area contributed by atoms with E-state index in [1.165, 1.54) is 10.6 Å². The molecule has 21 heavy (non-hydrogen) atoms. The highest BCUT2D eigenvalue weighted by atomic mass is 35.5. The summed E-state index contributed by atoms with van der Waals surface area (Å²) >= 11 is 6.02. The van der Waals surface area contributed by atoms with Crippen LogP contribution in [0.2, 0.25) is 5.02 Å². The molecule has 0 fully saturated rings. The summed E-state index contributed by atoms with van der Waals surface area (Å²) in [4.78, 5) is 23.3. The summed E-state index contributed by atoms with van der Waals surface area (Å²) in [6.45, 7) is 0. The lowest BCUT2D eigenvalue weighted by molar-refractivity contribution is -0.136. The van der Waals surface area contributed by atoms with Crippen LogP contribution in [0.15, 0.2) is 30.3 Å². The number of ether oxygens (including phenoxy) is 1. The fraction of sp³-hybridized carbons (Fsp3) is 0.200. The average molecular weight is 308 g/mol. The molecule has 0 aliphatic heterocycles. The first kappa shape index (κ1) is 15.1. The monoisotopic (exact) mass is 307 g/mol. The number of methoxy groups -OCH3 is 1. The van der Waals surface area contributed by atoms with E-state index >= 15 is 0 Å². The molecular weight excluding hydrogens is 294 g/mol. The molecule has 0 amide bonds. The molecule has 2 aromatic rings. The first-order valence-electron chi connectivity index (χ1n) is 6.18. The van der Waals surface area contributed by atoms with Crippen LogP contribution < -0.4 is 4.74 Å². The maximum atomic E-state index is 12.5. The van der Waals surface area contributed by atoms with Crippen molar-refractivity contribution in [1.29, 1.82) is 0 Å². The standard InChI is InChI=1S/C15H14ClNO4/c1-17-12(8-14(18)19)11(16)7-13(17)15(20)9-3-5-10(21-2)6-4-9/h3-7H,8H2,1-2H3,(H,18,19). The smallest absolute Gasteiger partial charge is 0.309 e. The van der Waals surface area contributed by atoms with Gasteiger partial charge in [0.05, 0.1) is 24.2 Å². The Morgan fingerprint density at radius 1 is 1.29 bits per heavy atom. The molecule has 0 aliphatic carbocycles. The van der Waals surface area contributed by atoms with Gasteiger partial charge in [0.25, 0.3) is 0 Å². The molecule has 0 aliphatic rings. The minimum Gasteiger partial charge on any atom is -0.497 e. The Labute approximate surface area is 126 Å². The Kier molecular flexibility index (Phi) is 4.33. The Bertz CT molecular complexity index is 688. The van der Waals surface area contributed by atoms with E-state index in [0.717, 1.165) is 0 Å². The van der Waals surface area contributed by atoms with Gasteiger partial charge in [-0.05, 0) is 30.3 Å². The molecule has 0 saturated heterocycles. The quantitative estimate of drug-likeness (QED) is 0.862. The van der Waals surface area contributed by atoms with Gasteiger partial charge in [-0.15, -0.1) is 0 Å². The van der Waals surface area contributed by atoms with Crippen molar-refractivity contribution in [2.75, 3.05) is 7.11 Å². The van der Waals surface area contributed by atoms with Gasteiger partial charge in [0, 0.05) is 18.3 Å². The zero-order valence-corrected chi connectivity index (χ0v) is 12.3. The summed E-state index contributed by atoms with van der Waals surface area (Å²) < 4.78 is 6.56. The van der Waals surface area contributed by atoms with Crippen molar-refractivity contribution < 1.29 is 19.4 Å². The number of carbonyl (C=O) groups is 2. The molecule has 1 heterocycles. The SMILES string of the molecule is COc1ccc(C(=O)c2cc(Cl)c(CC(=O)O)n2C)cc1. The largest absolute Gasteiger partial charge is 0.497 e. The van der Waals surface area contributed by atoms with Crippen LogP contribution in [0.1, 0.15) is 21.7 Å². The highest BCUT2D eigenvalue weighted by molar-refractivity contribution is 6.32. The second-order valence-electron chi connectivity index (χ2n) is 4.51. The van der Waals surface area contributed by atoms with E-state index in [0.29, 0.717) is 22.7 Å². The number of carbonyl (C=O) groups excluding carboxylic acids is 1. The number of benzene rings is 1. The van der Waals surface area contributed by atoms with Crippen LogP contribution in [0.5, 0.6) is 5.75 Å². The van der Waals surface area contributed by atoms with Crippen LogP contribution in [0.4, 0.5) is 0 Å². The van der Waals surface area contributed by atoms with Crippen molar-refractivity contribution in [3.05, 3.63) is 52.3 Å². The van der Waals surface area contributed by atoms with E-state index in [9.17, 15) is 9.59 Å². The van der Waals surface area contributed by atoms with Crippen LogP contribution >= 0.6 is 11.6 Å². The molecule has 0 bridgehead atoms. The number of carboxylic acid groups (broad SMARTS) is 1. The van der Waals surface area contributed by atoms with Crippen molar-refractivity contribution in [1.82, 2.24) is 4.57 Å². The summed E-state index contributed by atoms with van der Waals surface area (Å²) in [7, 11) is 3.17. The fourth-order valence-corrected chi connectivity index (χ4v) is 2.36. The van der Waals surface area contributed by atoms with E-state index in [1.54, 1.807) is 38.4 Å². The van der Waals surface area contributed by atoms with Crippen LogP contribution in [-0.2, 0) is 18.3 Å². The number of nitrogens with zero attached hydrogens (tertiary/aromatic N) is 1. The summed E-state index contributed by atoms with van der Waals surface area (Å²) in [5, 5.41) is 9.14. The maximum absolute atomic E-state index is 12.5. The van der Waals surface area contributed by atoms with Gasteiger partial charge in [-0.2, -0.15) is 0 Å². The van der Waals surface area contributed by atoms with E-state index in [2.05, 4.69) is 0 Å². The summed E-state index contributed by atoms with van der Waals surface area (Å²) in [6, 6.07) is 8.18. The van der Waals surface area contributed by atoms with Crippen molar-refractivity contribution in [2.24, 2.45) is 7.05 Å². The van der Waals surface area contributed by atoms with Crippen molar-refractivity contribution >= 4 is 23.4 Å². The third kappa shape index (κ3) is 3.08. The third-order valence-corrected chi connectivity index (χ3v) is 3.54. The topological polar surface area (TPSA) is 68.5 Å². The first-order chi connectivity index (χ1) is 9.93. The lowest BCUT2D eigenvalue weighted by Gasteiger charge is -2.06. The van der Waals surface area contributed by atoms with Gasteiger partial charge >= 0.3 is 5.97 Å². The number of carboxylic acids is 1. The van der Waals surface area contributed by atoms with E-state index in [4.69, 9.17) is 21.4 Å². The van der Waals surface area contributed by atoms with Crippen LogP contribution in [0, 0.1) is 0 Å². The molecule has 5 nitrogen and oxygen atoms in total. The lowest BCUT2D eigenvalue weighted by Crippen LogP contribution is -2.11. The van der Waals surface area contributed by atoms with Crippen molar-refractivity contribution in [3.63, 3.8) is 0 Å². The summed E-state index contributed by atoms with van der Waals surface area (Å²) in [6.07, 6.45) is -0.231. The number of aliphatic carboxylic acids is 1. The number of rotatable bonds is 5. The molecular formula is C15H14ClNO4. The minimum absolute atomic E-state index is 0.223. The molecule has 1 aromatic carbocycles. The average Bonchev–Trinajstić information content (AvgIpc) is 2.74. The van der Waals surface area contributed by atoms with E-state index in [-0.39, 0.29) is 17.2 Å². The van der Waals surface area contributed by atoms with Crippen LogP contribution in [0.3, 0.4) is 0 Å². The summed E-state index contributed by atoms with van der Waals surface area (Å²) in [5.74, 6) is -0.566. The van der Waals surface area contributed by atoms with Crippen molar-refractivity contribution in [3.8, 4) is 5.75 Å². The molecule has 0 radical (unpaired) electrons. The maximum Gasteiger partial charge on any atom is 0.309 e. The van der Waals surface area contributed by atoms with Crippen molar-refractivity contribution in [2.45, 2.75) is 6.42 Å². The van der Waals surface area contributed by atoms with Crippen LogP contribution in [0.25, 0.3) is 0 Å². The Balaban J connectivity index is 2.36. The van der Waals surface area contributed by atoms with E-state index in [1.807, 2.05) is 0 Å². The second kappa shape index (κ2) is 6.01. The molecule has 0 spiro atoms. The Hall–Kier alpha value is -2.27. The van der Waals surface area contributed by atoms with Gasteiger partial charge in [-0.25, -0.2) is 0 Å². The number of hydrogen-bond acceptors (Lipinski definition) is 3. The molecule has 1 aromatic heterocycles. The Morgan fingerprint density at radius 3 is 2.43 bits per heavy atom. The molecule has 6 heteroatoms. The fourth-order valence-electron chi connectivity index (χ4n) is 2.06. The third-order valence-electron chi connectivity index (χ3n) is 3.21. The van der Waals surface area contributed by atoms with Gasteiger partial charge in [-0.1, -0.05) is 11.6 Å². The Morgan fingerprint density at radius 2 is 1.90 bits per heavy atom. The number of hydrogen-bond donors (Lipinski definition) is 1. The zero-order chi connectivity index (χ0) is 15.6. The predicted molar refractivity (Wildman–Crippen MR) is 78.2 cm³/mol. The normalized spacial score (nSPS) is 10.4. The predicted octanol–water partition coefficient (Wildman–Crippen LogP) is 2.55. The number of ketones is 1. The minimum atomic E-state index is -0.999. The van der Waals surface area contributed by atoms with Gasteiger partial charge in [0.2, 0.25) is 5.78 Å². The number of halogens is 1. The zero-order valence-electron chi connectivity index (χ0n) is 11.6. The van der Waals surface area contributed by atoms with Gasteiger partial charge in [-0.3, -0.25) is 9.59 Å². The summed E-state index contributed by atoms with van der Waals surface area (Å²) in [5.41, 5.74) is 1.23. The first-order valence-corrected chi connectivity index (χ1v) is 6.56. The highest BCUT2D eigenvalue weighted by Gasteiger charge is 2.19. The molecule has 110 valence electrons. The van der Waals surface area contributed by atoms with Crippen LogP contribution in [-0.4, -0.2) is 28.5 Å².